The van der Waals surface area contributed by atoms with Crippen LogP contribution >= 0.6 is 7.60 Å². The van der Waals surface area contributed by atoms with Crippen LogP contribution in [0.25, 0.3) is 0 Å². The summed E-state index contributed by atoms with van der Waals surface area (Å²) in [6.07, 6.45) is -0.541. The lowest BCUT2D eigenvalue weighted by atomic mass is 10.4. The van der Waals surface area contributed by atoms with Crippen LogP contribution in [0, 0.1) is 6.92 Å². The Hall–Kier alpha value is 0.110. The molecular weight excluding hydrogens is 143 g/mol. The molecular formula is C4H8O4P. The van der Waals surface area contributed by atoms with Gasteiger partial charge in [-0.05, 0) is 6.92 Å². The van der Waals surface area contributed by atoms with E-state index in [0.29, 0.717) is 0 Å². The van der Waals surface area contributed by atoms with Gasteiger partial charge in [0, 0.05) is 0 Å². The maximum absolute atomic E-state index is 10.6. The normalized spacial score (nSPS) is 44.9. The molecule has 2 unspecified atom stereocenters. The zero-order valence-electron chi connectivity index (χ0n) is 4.82. The van der Waals surface area contributed by atoms with Gasteiger partial charge in [-0.1, -0.05) is 0 Å². The summed E-state index contributed by atoms with van der Waals surface area (Å²) in [5, 5.41) is 0. The van der Waals surface area contributed by atoms with Crippen LogP contribution in [0.15, 0.2) is 0 Å². The maximum Gasteiger partial charge on any atom is 0.353 e. The van der Waals surface area contributed by atoms with Crippen LogP contribution in [0.2, 0.25) is 0 Å². The van der Waals surface area contributed by atoms with Crippen LogP contribution in [0.3, 0.4) is 0 Å². The molecule has 0 aromatic heterocycles. The molecule has 1 aliphatic rings. The largest absolute Gasteiger partial charge is 0.363 e. The highest BCUT2D eigenvalue weighted by Crippen LogP contribution is 2.44. The van der Waals surface area contributed by atoms with Crippen molar-refractivity contribution in [3.05, 3.63) is 6.92 Å². The first-order valence-electron chi connectivity index (χ1n) is 2.51. The summed E-state index contributed by atoms with van der Waals surface area (Å²) in [6.45, 7) is 3.59. The molecule has 0 aromatic rings. The quantitative estimate of drug-likeness (QED) is 0.508. The zero-order valence-corrected chi connectivity index (χ0v) is 5.71. The van der Waals surface area contributed by atoms with Crippen molar-refractivity contribution in [1.82, 2.24) is 0 Å². The fraction of sp³-hybridized carbons (Fsp3) is 0.750. The van der Waals surface area contributed by atoms with Crippen molar-refractivity contribution in [3.63, 3.8) is 0 Å². The van der Waals surface area contributed by atoms with Crippen molar-refractivity contribution in [2.45, 2.75) is 6.10 Å². The molecule has 1 radical (unpaired) electrons. The van der Waals surface area contributed by atoms with Gasteiger partial charge in [0.1, 0.15) is 6.35 Å². The second-order valence-corrected chi connectivity index (χ2v) is 3.64. The van der Waals surface area contributed by atoms with E-state index in [1.165, 1.54) is 0 Å². The van der Waals surface area contributed by atoms with E-state index < -0.39 is 7.60 Å². The van der Waals surface area contributed by atoms with E-state index >= 15 is 0 Å². The van der Waals surface area contributed by atoms with Gasteiger partial charge < -0.3 is 14.2 Å². The Morgan fingerprint density at radius 2 is 2.44 bits per heavy atom. The molecule has 0 aromatic carbocycles. The van der Waals surface area contributed by atoms with E-state index in [4.69, 9.17) is 9.63 Å². The molecule has 53 valence electrons. The number of hydrogen-bond acceptors (Lipinski definition) is 3. The van der Waals surface area contributed by atoms with E-state index in [0.717, 1.165) is 0 Å². The van der Waals surface area contributed by atoms with Crippen LogP contribution in [-0.4, -0.2) is 24.0 Å². The number of ether oxygens (including phenoxy) is 1. The first kappa shape index (κ1) is 7.22. The Balaban J connectivity index is 2.44. The monoisotopic (exact) mass is 151 g/mol. The average Bonchev–Trinajstić information content (AvgIpc) is 1.78. The van der Waals surface area contributed by atoms with E-state index in [-0.39, 0.29) is 19.1 Å². The summed E-state index contributed by atoms with van der Waals surface area (Å²) in [7, 11) is -3.39. The minimum absolute atomic E-state index is 0.105. The summed E-state index contributed by atoms with van der Waals surface area (Å²) < 4.78 is 19.8. The van der Waals surface area contributed by atoms with E-state index in [2.05, 4.69) is 11.4 Å². The minimum Gasteiger partial charge on any atom is -0.363 e. The van der Waals surface area contributed by atoms with Gasteiger partial charge in [0.05, 0.1) is 12.7 Å². The van der Waals surface area contributed by atoms with E-state index in [1.807, 2.05) is 0 Å². The van der Waals surface area contributed by atoms with Crippen LogP contribution in [0.1, 0.15) is 0 Å². The van der Waals surface area contributed by atoms with Crippen molar-refractivity contribution >= 4 is 7.60 Å². The zero-order chi connectivity index (χ0) is 6.91. The minimum atomic E-state index is -3.39. The van der Waals surface area contributed by atoms with Crippen molar-refractivity contribution in [2.24, 2.45) is 0 Å². The van der Waals surface area contributed by atoms with Gasteiger partial charge in [0.25, 0.3) is 0 Å². The summed E-state index contributed by atoms with van der Waals surface area (Å²) in [4.78, 5) is 8.67. The van der Waals surface area contributed by atoms with Crippen LogP contribution in [-0.2, 0) is 13.8 Å². The molecule has 0 aliphatic carbocycles. The highest BCUT2D eigenvalue weighted by Gasteiger charge is 2.26. The van der Waals surface area contributed by atoms with Crippen LogP contribution in [0.5, 0.6) is 0 Å². The highest BCUT2D eigenvalue weighted by atomic mass is 31.2. The summed E-state index contributed by atoms with van der Waals surface area (Å²) >= 11 is 0. The smallest absolute Gasteiger partial charge is 0.353 e. The first-order chi connectivity index (χ1) is 4.10. The van der Waals surface area contributed by atoms with Crippen LogP contribution < -0.4 is 0 Å². The molecule has 1 heterocycles. The molecule has 1 aliphatic heterocycles. The van der Waals surface area contributed by atoms with Gasteiger partial charge >= 0.3 is 7.60 Å². The SMILES string of the molecule is [CH2]C1COP(=O)(O)CO1. The lowest BCUT2D eigenvalue weighted by Crippen LogP contribution is -2.22. The standard InChI is InChI=1S/C4H8O4P/c1-4-2-8-9(5,6)3-7-4/h4H,1-3H2,(H,5,6). The van der Waals surface area contributed by atoms with Gasteiger partial charge in [-0.25, -0.2) is 0 Å². The molecule has 0 spiro atoms. The highest BCUT2D eigenvalue weighted by molar-refractivity contribution is 7.52. The summed E-state index contributed by atoms with van der Waals surface area (Å²) in [5.41, 5.74) is 0. The van der Waals surface area contributed by atoms with Gasteiger partial charge in [0.15, 0.2) is 0 Å². The third-order valence-electron chi connectivity index (χ3n) is 0.936. The second kappa shape index (κ2) is 2.39. The number of rotatable bonds is 0. The van der Waals surface area contributed by atoms with Crippen molar-refractivity contribution in [1.29, 1.82) is 0 Å². The van der Waals surface area contributed by atoms with Crippen LogP contribution in [0.4, 0.5) is 0 Å². The molecule has 0 saturated carbocycles. The molecule has 9 heavy (non-hydrogen) atoms. The van der Waals surface area contributed by atoms with Crippen molar-refractivity contribution < 1.29 is 18.7 Å². The maximum atomic E-state index is 10.6. The molecule has 5 heteroatoms. The molecule has 1 saturated heterocycles. The first-order valence-corrected chi connectivity index (χ1v) is 4.27. The second-order valence-electron chi connectivity index (χ2n) is 1.85. The fourth-order valence-corrected chi connectivity index (χ4v) is 1.36. The topological polar surface area (TPSA) is 55.8 Å². The number of hydrogen-bond donors (Lipinski definition) is 1. The summed E-state index contributed by atoms with van der Waals surface area (Å²) in [6, 6.07) is 0. The Morgan fingerprint density at radius 1 is 1.78 bits per heavy atom. The van der Waals surface area contributed by atoms with Gasteiger partial charge in [-0.3, -0.25) is 4.57 Å². The van der Waals surface area contributed by atoms with Crippen molar-refractivity contribution in [2.75, 3.05) is 13.0 Å². The third-order valence-corrected chi connectivity index (χ3v) is 1.96. The molecule has 1 N–H and O–H groups in total. The van der Waals surface area contributed by atoms with Crippen molar-refractivity contribution in [3.8, 4) is 0 Å². The fourth-order valence-electron chi connectivity index (χ4n) is 0.485. The van der Waals surface area contributed by atoms with Gasteiger partial charge in [0.2, 0.25) is 0 Å². The molecule has 4 nitrogen and oxygen atoms in total. The van der Waals surface area contributed by atoms with E-state index in [1.54, 1.807) is 0 Å². The molecule has 0 bridgehead atoms. The summed E-state index contributed by atoms with van der Waals surface area (Å²) in [5.74, 6) is 0. The lowest BCUT2D eigenvalue weighted by molar-refractivity contribution is 0.0266. The Labute approximate surface area is 53.3 Å². The Kier molecular flexibility index (Phi) is 1.91. The third kappa shape index (κ3) is 2.06. The Morgan fingerprint density at radius 3 is 2.78 bits per heavy atom. The van der Waals surface area contributed by atoms with E-state index in [9.17, 15) is 4.57 Å². The van der Waals surface area contributed by atoms with Gasteiger partial charge in [-0.2, -0.15) is 0 Å². The Bertz CT molecular complexity index is 134. The predicted octanol–water partition coefficient (Wildman–Crippen LogP) is 0.379. The average molecular weight is 151 g/mol. The molecule has 1 rings (SSSR count). The lowest BCUT2D eigenvalue weighted by Gasteiger charge is -2.22. The molecule has 0 amide bonds. The predicted molar refractivity (Wildman–Crippen MR) is 30.9 cm³/mol. The van der Waals surface area contributed by atoms with Gasteiger partial charge in [-0.15, -0.1) is 0 Å². The molecule has 1 fully saturated rings. The molecule has 2 atom stereocenters.